The van der Waals surface area contributed by atoms with Gasteiger partial charge in [0, 0.05) is 19.7 Å². The normalized spacial score (nSPS) is 21.3. The summed E-state index contributed by atoms with van der Waals surface area (Å²) in [7, 11) is 0. The van der Waals surface area contributed by atoms with Gasteiger partial charge in [-0.3, -0.25) is 19.7 Å². The van der Waals surface area contributed by atoms with E-state index in [1.54, 1.807) is 0 Å². The summed E-state index contributed by atoms with van der Waals surface area (Å²) in [6, 6.07) is 0. The van der Waals surface area contributed by atoms with Crippen molar-refractivity contribution in [2.75, 3.05) is 26.2 Å². The molecule has 0 spiro atoms. The zero-order valence-electron chi connectivity index (χ0n) is 12.2. The maximum absolute atomic E-state index is 10.6. The minimum atomic E-state index is -0.607. The Morgan fingerprint density at radius 2 is 2.43 bits per heavy atom. The summed E-state index contributed by atoms with van der Waals surface area (Å²) in [4.78, 5) is 12.3. The summed E-state index contributed by atoms with van der Waals surface area (Å²) in [6.45, 7) is 5.24. The number of ether oxygens (including phenoxy) is 1. The minimum Gasteiger partial charge on any atom is -0.390 e. The fraction of sp³-hybridized carbons (Fsp3) is 0.769. The van der Waals surface area contributed by atoms with Crippen LogP contribution in [0.5, 0.6) is 0 Å². The Morgan fingerprint density at radius 3 is 3.10 bits per heavy atom. The van der Waals surface area contributed by atoms with Gasteiger partial charge in [0.1, 0.15) is 12.4 Å². The standard InChI is InChI=1S/C13H22N4O4/c1-2-21-13-4-3-5-15(10-13)8-12(18)9-16-7-11(6-14-16)17(19)20/h6-7,12-13,18H,2-5,8-10H2,1H3. The lowest BCUT2D eigenvalue weighted by Crippen LogP contribution is -2.44. The molecular formula is C13H22N4O4. The van der Waals surface area contributed by atoms with Gasteiger partial charge in [-0.2, -0.15) is 5.10 Å². The van der Waals surface area contributed by atoms with Crippen LogP contribution in [0.4, 0.5) is 5.69 Å². The van der Waals surface area contributed by atoms with Crippen molar-refractivity contribution >= 4 is 5.69 Å². The number of aliphatic hydroxyl groups is 1. The zero-order chi connectivity index (χ0) is 15.2. The molecule has 1 aromatic heterocycles. The van der Waals surface area contributed by atoms with E-state index in [0.29, 0.717) is 13.2 Å². The van der Waals surface area contributed by atoms with Crippen LogP contribution in [0.25, 0.3) is 0 Å². The van der Waals surface area contributed by atoms with E-state index in [1.807, 2.05) is 6.92 Å². The van der Waals surface area contributed by atoms with Crippen LogP contribution in [0.15, 0.2) is 12.4 Å². The van der Waals surface area contributed by atoms with E-state index in [-0.39, 0.29) is 18.3 Å². The van der Waals surface area contributed by atoms with Crippen molar-refractivity contribution in [3.8, 4) is 0 Å². The van der Waals surface area contributed by atoms with E-state index in [4.69, 9.17) is 4.74 Å². The monoisotopic (exact) mass is 298 g/mol. The molecule has 0 saturated carbocycles. The predicted octanol–water partition coefficient (Wildman–Crippen LogP) is 0.653. The average Bonchev–Trinajstić information content (AvgIpc) is 2.88. The van der Waals surface area contributed by atoms with Gasteiger partial charge in [0.2, 0.25) is 0 Å². The second-order valence-electron chi connectivity index (χ2n) is 5.31. The van der Waals surface area contributed by atoms with E-state index >= 15 is 0 Å². The van der Waals surface area contributed by atoms with E-state index in [0.717, 1.165) is 25.9 Å². The summed E-state index contributed by atoms with van der Waals surface area (Å²) in [5.41, 5.74) is -0.0587. The number of rotatable bonds is 7. The zero-order valence-corrected chi connectivity index (χ0v) is 12.2. The predicted molar refractivity (Wildman–Crippen MR) is 76.0 cm³/mol. The molecule has 0 aliphatic carbocycles. The Balaban J connectivity index is 1.80. The van der Waals surface area contributed by atoms with Gasteiger partial charge in [-0.05, 0) is 26.3 Å². The van der Waals surface area contributed by atoms with Crippen LogP contribution in [0.2, 0.25) is 0 Å². The number of nitrogens with zero attached hydrogens (tertiary/aromatic N) is 4. The Kier molecular flexibility index (Phi) is 5.66. The lowest BCUT2D eigenvalue weighted by atomic mass is 10.1. The van der Waals surface area contributed by atoms with Crippen molar-refractivity contribution in [1.82, 2.24) is 14.7 Å². The van der Waals surface area contributed by atoms with Crippen LogP contribution in [-0.4, -0.2) is 63.2 Å². The van der Waals surface area contributed by atoms with Gasteiger partial charge in [0.25, 0.3) is 0 Å². The summed E-state index contributed by atoms with van der Waals surface area (Å²) in [5, 5.41) is 24.6. The Morgan fingerprint density at radius 1 is 1.62 bits per heavy atom. The topological polar surface area (TPSA) is 93.7 Å². The molecule has 1 saturated heterocycles. The SMILES string of the molecule is CCOC1CCCN(CC(O)Cn2cc([N+](=O)[O-])cn2)C1. The molecule has 8 nitrogen and oxygen atoms in total. The number of hydrogen-bond donors (Lipinski definition) is 1. The van der Waals surface area contributed by atoms with Crippen LogP contribution in [0.3, 0.4) is 0 Å². The third-order valence-corrected chi connectivity index (χ3v) is 3.56. The van der Waals surface area contributed by atoms with Crippen LogP contribution < -0.4 is 0 Å². The summed E-state index contributed by atoms with van der Waals surface area (Å²) < 4.78 is 7.04. The Bertz CT molecular complexity index is 463. The molecule has 1 aliphatic rings. The van der Waals surface area contributed by atoms with Crippen LogP contribution in [0.1, 0.15) is 19.8 Å². The molecule has 1 N–H and O–H groups in total. The Hall–Kier alpha value is -1.51. The molecule has 1 aromatic rings. The van der Waals surface area contributed by atoms with E-state index < -0.39 is 11.0 Å². The number of likely N-dealkylation sites (tertiary alicyclic amines) is 1. The number of β-amino-alcohol motifs (C(OH)–C–C–N with tert-alkyl or cyclic N) is 1. The van der Waals surface area contributed by atoms with Gasteiger partial charge >= 0.3 is 5.69 Å². The molecule has 2 unspecified atom stereocenters. The number of aromatic nitrogens is 2. The summed E-state index contributed by atoms with van der Waals surface area (Å²) >= 11 is 0. The maximum Gasteiger partial charge on any atom is 0.306 e. The number of hydrogen-bond acceptors (Lipinski definition) is 6. The van der Waals surface area contributed by atoms with Crippen LogP contribution in [-0.2, 0) is 11.3 Å². The molecule has 2 heterocycles. The molecule has 1 aliphatic heterocycles. The largest absolute Gasteiger partial charge is 0.390 e. The first-order chi connectivity index (χ1) is 10.1. The quantitative estimate of drug-likeness (QED) is 0.587. The van der Waals surface area contributed by atoms with Gasteiger partial charge in [0.05, 0.1) is 23.7 Å². The third kappa shape index (κ3) is 4.76. The third-order valence-electron chi connectivity index (χ3n) is 3.56. The molecule has 0 radical (unpaired) electrons. The first kappa shape index (κ1) is 15.9. The molecule has 118 valence electrons. The van der Waals surface area contributed by atoms with Gasteiger partial charge < -0.3 is 9.84 Å². The van der Waals surface area contributed by atoms with Crippen LogP contribution >= 0.6 is 0 Å². The van der Waals surface area contributed by atoms with Crippen molar-refractivity contribution in [1.29, 1.82) is 0 Å². The molecule has 21 heavy (non-hydrogen) atoms. The highest BCUT2D eigenvalue weighted by Crippen LogP contribution is 2.14. The summed E-state index contributed by atoms with van der Waals surface area (Å²) in [5.74, 6) is 0. The highest BCUT2D eigenvalue weighted by Gasteiger charge is 2.22. The van der Waals surface area contributed by atoms with E-state index in [9.17, 15) is 15.2 Å². The second kappa shape index (κ2) is 7.48. The van der Waals surface area contributed by atoms with Crippen molar-refractivity contribution < 1.29 is 14.8 Å². The molecular weight excluding hydrogens is 276 g/mol. The molecule has 2 atom stereocenters. The molecule has 0 bridgehead atoms. The molecule has 0 aromatic carbocycles. The lowest BCUT2D eigenvalue weighted by Gasteiger charge is -2.33. The number of nitro groups is 1. The van der Waals surface area contributed by atoms with E-state index in [2.05, 4.69) is 10.00 Å². The average molecular weight is 298 g/mol. The van der Waals surface area contributed by atoms with Crippen molar-refractivity contribution in [2.24, 2.45) is 0 Å². The molecule has 2 rings (SSSR count). The fourth-order valence-corrected chi connectivity index (χ4v) is 2.67. The Labute approximate surface area is 123 Å². The van der Waals surface area contributed by atoms with Gasteiger partial charge in [-0.25, -0.2) is 0 Å². The lowest BCUT2D eigenvalue weighted by molar-refractivity contribution is -0.385. The fourth-order valence-electron chi connectivity index (χ4n) is 2.67. The number of aliphatic hydroxyl groups excluding tert-OH is 1. The van der Waals surface area contributed by atoms with Gasteiger partial charge in [-0.1, -0.05) is 0 Å². The molecule has 1 fully saturated rings. The smallest absolute Gasteiger partial charge is 0.306 e. The first-order valence-electron chi connectivity index (χ1n) is 7.27. The minimum absolute atomic E-state index is 0.0587. The van der Waals surface area contributed by atoms with Crippen LogP contribution in [0, 0.1) is 10.1 Å². The highest BCUT2D eigenvalue weighted by atomic mass is 16.6. The van der Waals surface area contributed by atoms with Gasteiger partial charge in [0.15, 0.2) is 0 Å². The van der Waals surface area contributed by atoms with Gasteiger partial charge in [-0.15, -0.1) is 0 Å². The second-order valence-corrected chi connectivity index (χ2v) is 5.31. The first-order valence-corrected chi connectivity index (χ1v) is 7.27. The maximum atomic E-state index is 10.6. The highest BCUT2D eigenvalue weighted by molar-refractivity contribution is 5.20. The van der Waals surface area contributed by atoms with Crippen molar-refractivity contribution in [3.63, 3.8) is 0 Å². The van der Waals surface area contributed by atoms with Crippen molar-refractivity contribution in [3.05, 3.63) is 22.5 Å². The molecule has 0 amide bonds. The van der Waals surface area contributed by atoms with Crippen molar-refractivity contribution in [2.45, 2.75) is 38.5 Å². The van der Waals surface area contributed by atoms with E-state index in [1.165, 1.54) is 17.1 Å². The molecule has 8 heteroatoms. The summed E-state index contributed by atoms with van der Waals surface area (Å²) in [6.07, 6.45) is 4.28. The number of piperidine rings is 1.